The van der Waals surface area contributed by atoms with Crippen molar-refractivity contribution in [1.82, 2.24) is 14.8 Å². The number of hydrogen-bond donors (Lipinski definition) is 1. The lowest BCUT2D eigenvalue weighted by Gasteiger charge is -1.94. The van der Waals surface area contributed by atoms with E-state index in [1.165, 1.54) is 0 Å². The van der Waals surface area contributed by atoms with Crippen LogP contribution in [0.2, 0.25) is 5.02 Å². The van der Waals surface area contributed by atoms with Gasteiger partial charge in [-0.1, -0.05) is 11.6 Å². The Hall–Kier alpha value is -1.55. The van der Waals surface area contributed by atoms with Crippen LogP contribution in [0.4, 0.5) is 5.82 Å². The molecule has 0 spiro atoms. The summed E-state index contributed by atoms with van der Waals surface area (Å²) in [6.07, 6.45) is 1.59. The van der Waals surface area contributed by atoms with Gasteiger partial charge in [0.15, 0.2) is 0 Å². The first-order valence-corrected chi connectivity index (χ1v) is 4.46. The third-order valence-corrected chi connectivity index (χ3v) is 2.13. The molecule has 0 aromatic carbocycles. The van der Waals surface area contributed by atoms with Gasteiger partial charge in [0.1, 0.15) is 11.5 Å². The van der Waals surface area contributed by atoms with E-state index in [9.17, 15) is 0 Å². The van der Waals surface area contributed by atoms with Gasteiger partial charge in [-0.2, -0.15) is 5.10 Å². The Morgan fingerprint density at radius 3 is 2.64 bits per heavy atom. The van der Waals surface area contributed by atoms with E-state index >= 15 is 0 Å². The average Bonchev–Trinajstić information content (AvgIpc) is 2.48. The van der Waals surface area contributed by atoms with E-state index in [0.717, 1.165) is 11.4 Å². The lowest BCUT2D eigenvalue weighted by atomic mass is 10.3. The molecule has 4 nitrogen and oxygen atoms in total. The number of aromatic nitrogens is 3. The number of nitrogens with two attached hydrogens (primary N) is 1. The highest BCUT2D eigenvalue weighted by molar-refractivity contribution is 6.30. The van der Waals surface area contributed by atoms with E-state index in [1.54, 1.807) is 30.1 Å². The molecule has 2 aromatic heterocycles. The molecule has 0 aliphatic heterocycles. The maximum atomic E-state index is 5.72. The molecule has 72 valence electrons. The van der Waals surface area contributed by atoms with Crippen molar-refractivity contribution in [3.8, 4) is 11.4 Å². The first-order valence-electron chi connectivity index (χ1n) is 4.08. The van der Waals surface area contributed by atoms with Crippen LogP contribution in [0.1, 0.15) is 0 Å². The molecule has 2 heterocycles. The van der Waals surface area contributed by atoms with Crippen LogP contribution in [-0.2, 0) is 7.05 Å². The first-order chi connectivity index (χ1) is 6.66. The topological polar surface area (TPSA) is 56.7 Å². The van der Waals surface area contributed by atoms with Gasteiger partial charge in [0.25, 0.3) is 0 Å². The summed E-state index contributed by atoms with van der Waals surface area (Å²) in [5, 5.41) is 4.81. The van der Waals surface area contributed by atoms with Gasteiger partial charge < -0.3 is 5.73 Å². The van der Waals surface area contributed by atoms with Crippen LogP contribution < -0.4 is 5.73 Å². The van der Waals surface area contributed by atoms with Crippen LogP contribution in [0.15, 0.2) is 24.4 Å². The molecule has 0 aliphatic carbocycles. The molecule has 0 aliphatic rings. The second kappa shape index (κ2) is 3.31. The van der Waals surface area contributed by atoms with E-state index in [0.29, 0.717) is 10.8 Å². The van der Waals surface area contributed by atoms with Crippen molar-refractivity contribution in [3.05, 3.63) is 29.4 Å². The molecule has 0 saturated carbocycles. The van der Waals surface area contributed by atoms with Crippen molar-refractivity contribution < 1.29 is 0 Å². The van der Waals surface area contributed by atoms with Crippen molar-refractivity contribution in [3.63, 3.8) is 0 Å². The number of nitrogen functional groups attached to an aromatic ring is 1. The predicted octanol–water partition coefficient (Wildman–Crippen LogP) is 1.72. The van der Waals surface area contributed by atoms with Crippen LogP contribution in [0.5, 0.6) is 0 Å². The highest BCUT2D eigenvalue weighted by Crippen LogP contribution is 2.18. The fourth-order valence-electron chi connectivity index (χ4n) is 1.13. The van der Waals surface area contributed by atoms with Gasteiger partial charge in [-0.05, 0) is 12.1 Å². The smallest absolute Gasteiger partial charge is 0.122 e. The quantitative estimate of drug-likeness (QED) is 0.777. The molecule has 0 fully saturated rings. The number of anilines is 1. The average molecular weight is 209 g/mol. The van der Waals surface area contributed by atoms with Crippen LogP contribution in [0, 0.1) is 0 Å². The van der Waals surface area contributed by atoms with E-state index in [-0.39, 0.29) is 0 Å². The summed E-state index contributed by atoms with van der Waals surface area (Å²) < 4.78 is 1.60. The Labute approximate surface area is 86.3 Å². The van der Waals surface area contributed by atoms with E-state index in [1.807, 2.05) is 6.07 Å². The molecule has 2 N–H and O–H groups in total. The summed E-state index contributed by atoms with van der Waals surface area (Å²) >= 11 is 5.72. The Bertz CT molecular complexity index is 427. The molecule has 0 unspecified atom stereocenters. The number of nitrogens with zero attached hydrogens (tertiary/aromatic N) is 3. The van der Waals surface area contributed by atoms with E-state index in [2.05, 4.69) is 10.1 Å². The summed E-state index contributed by atoms with van der Waals surface area (Å²) in [7, 11) is 1.79. The zero-order chi connectivity index (χ0) is 10.1. The summed E-state index contributed by atoms with van der Waals surface area (Å²) in [6.45, 7) is 0. The summed E-state index contributed by atoms with van der Waals surface area (Å²) in [4.78, 5) is 4.14. The SMILES string of the molecule is Cn1nc(-c2ccc(Cl)cn2)cc1N. The molecule has 5 heteroatoms. The number of halogens is 1. The second-order valence-corrected chi connectivity index (χ2v) is 3.38. The first kappa shape index (κ1) is 9.02. The van der Waals surface area contributed by atoms with Crippen molar-refractivity contribution in [2.75, 3.05) is 5.73 Å². The molecular weight excluding hydrogens is 200 g/mol. The monoisotopic (exact) mass is 208 g/mol. The fourth-order valence-corrected chi connectivity index (χ4v) is 1.25. The lowest BCUT2D eigenvalue weighted by molar-refractivity contribution is 0.781. The van der Waals surface area contributed by atoms with Gasteiger partial charge in [-0.25, -0.2) is 0 Å². The Balaban J connectivity index is 2.44. The minimum Gasteiger partial charge on any atom is -0.384 e. The lowest BCUT2D eigenvalue weighted by Crippen LogP contribution is -1.96. The molecular formula is C9H9ClN4. The summed E-state index contributed by atoms with van der Waals surface area (Å²) in [5.41, 5.74) is 7.17. The number of rotatable bonds is 1. The maximum absolute atomic E-state index is 5.72. The zero-order valence-corrected chi connectivity index (χ0v) is 8.36. The Morgan fingerprint density at radius 2 is 2.14 bits per heavy atom. The van der Waals surface area contributed by atoms with Crippen molar-refractivity contribution in [1.29, 1.82) is 0 Å². The Morgan fingerprint density at radius 1 is 1.36 bits per heavy atom. The number of hydrogen-bond acceptors (Lipinski definition) is 3. The van der Waals surface area contributed by atoms with Crippen molar-refractivity contribution in [2.24, 2.45) is 7.05 Å². The maximum Gasteiger partial charge on any atom is 0.122 e. The van der Waals surface area contributed by atoms with E-state index in [4.69, 9.17) is 17.3 Å². The molecule has 14 heavy (non-hydrogen) atoms. The minimum absolute atomic E-state index is 0.608. The minimum atomic E-state index is 0.608. The molecule has 2 rings (SSSR count). The number of pyridine rings is 1. The van der Waals surface area contributed by atoms with E-state index < -0.39 is 0 Å². The van der Waals surface area contributed by atoms with Gasteiger partial charge in [0.2, 0.25) is 0 Å². The summed E-state index contributed by atoms with van der Waals surface area (Å²) in [5.74, 6) is 0.608. The molecule has 0 saturated heterocycles. The van der Waals surface area contributed by atoms with Gasteiger partial charge in [0, 0.05) is 19.3 Å². The normalized spacial score (nSPS) is 10.4. The predicted molar refractivity (Wildman–Crippen MR) is 55.9 cm³/mol. The molecule has 0 atom stereocenters. The molecule has 2 aromatic rings. The fraction of sp³-hybridized carbons (Fsp3) is 0.111. The zero-order valence-electron chi connectivity index (χ0n) is 7.61. The highest BCUT2D eigenvalue weighted by atomic mass is 35.5. The standard InChI is InChI=1S/C9H9ClN4/c1-14-9(11)4-8(13-14)7-3-2-6(10)5-12-7/h2-5H,11H2,1H3. The third kappa shape index (κ3) is 1.56. The number of aryl methyl sites for hydroxylation is 1. The second-order valence-electron chi connectivity index (χ2n) is 2.94. The van der Waals surface area contributed by atoms with Crippen molar-refractivity contribution >= 4 is 17.4 Å². The molecule has 0 radical (unpaired) electrons. The van der Waals surface area contributed by atoms with Crippen LogP contribution in [0.25, 0.3) is 11.4 Å². The third-order valence-electron chi connectivity index (χ3n) is 1.91. The van der Waals surface area contributed by atoms with Crippen LogP contribution in [-0.4, -0.2) is 14.8 Å². The van der Waals surface area contributed by atoms with Crippen LogP contribution >= 0.6 is 11.6 Å². The highest BCUT2D eigenvalue weighted by Gasteiger charge is 2.05. The van der Waals surface area contributed by atoms with Crippen molar-refractivity contribution in [2.45, 2.75) is 0 Å². The molecule has 0 amide bonds. The van der Waals surface area contributed by atoms with Gasteiger partial charge in [-0.3, -0.25) is 9.67 Å². The molecule has 0 bridgehead atoms. The van der Waals surface area contributed by atoms with Gasteiger partial charge >= 0.3 is 0 Å². The van der Waals surface area contributed by atoms with Gasteiger partial charge in [-0.15, -0.1) is 0 Å². The summed E-state index contributed by atoms with van der Waals surface area (Å²) in [6, 6.07) is 5.36. The van der Waals surface area contributed by atoms with Crippen LogP contribution in [0.3, 0.4) is 0 Å². The Kier molecular flexibility index (Phi) is 2.13. The van der Waals surface area contributed by atoms with Gasteiger partial charge in [0.05, 0.1) is 10.7 Å². The largest absolute Gasteiger partial charge is 0.384 e.